The minimum absolute atomic E-state index is 0.000987. The van der Waals surface area contributed by atoms with Crippen molar-refractivity contribution in [3.05, 3.63) is 11.8 Å². The number of rotatable bonds is 6. The Kier molecular flexibility index (Phi) is 5.54. The van der Waals surface area contributed by atoms with Gasteiger partial charge in [-0.25, -0.2) is 4.98 Å². The molecule has 0 saturated heterocycles. The molecule has 0 atom stereocenters. The molecule has 0 saturated carbocycles. The molecule has 0 aliphatic heterocycles. The van der Waals surface area contributed by atoms with E-state index >= 15 is 0 Å². The van der Waals surface area contributed by atoms with Crippen molar-refractivity contribution in [1.29, 1.82) is 0 Å². The van der Waals surface area contributed by atoms with Crippen molar-refractivity contribution in [2.45, 2.75) is 33.8 Å². The predicted molar refractivity (Wildman–Crippen MR) is 74.3 cm³/mol. The molecule has 1 N–H and O–H groups in total. The monoisotopic (exact) mass is 266 g/mol. The average molecular weight is 266 g/mol. The van der Waals surface area contributed by atoms with Crippen molar-refractivity contribution >= 4 is 11.9 Å². The Morgan fingerprint density at radius 2 is 2.16 bits per heavy atom. The molecule has 0 aliphatic carbocycles. The third-order valence-corrected chi connectivity index (χ3v) is 2.48. The zero-order valence-electron chi connectivity index (χ0n) is 12.2. The van der Waals surface area contributed by atoms with Crippen LogP contribution < -0.4 is 10.1 Å². The number of likely N-dealkylation sites (N-methyl/N-ethyl adjacent to an activating group) is 1. The van der Waals surface area contributed by atoms with Crippen molar-refractivity contribution in [3.63, 3.8) is 0 Å². The smallest absolute Gasteiger partial charge is 0.241 e. The summed E-state index contributed by atoms with van der Waals surface area (Å²) in [5, 5.41) is 2.92. The van der Waals surface area contributed by atoms with Crippen molar-refractivity contribution in [2.75, 3.05) is 25.5 Å². The summed E-state index contributed by atoms with van der Waals surface area (Å²) in [4.78, 5) is 21.7. The molecule has 0 aliphatic rings. The second kappa shape index (κ2) is 6.92. The largest absolute Gasteiger partial charge is 0.475 e. The first kappa shape index (κ1) is 15.2. The molecule has 0 spiro atoms. The highest BCUT2D eigenvalue weighted by atomic mass is 16.5. The average Bonchev–Trinajstić information content (AvgIpc) is 2.33. The molecule has 19 heavy (non-hydrogen) atoms. The van der Waals surface area contributed by atoms with Crippen LogP contribution in [0.25, 0.3) is 0 Å². The minimum atomic E-state index is -0.000987. The highest BCUT2D eigenvalue weighted by Crippen LogP contribution is 2.13. The van der Waals surface area contributed by atoms with E-state index in [0.29, 0.717) is 18.4 Å². The van der Waals surface area contributed by atoms with Gasteiger partial charge in [-0.15, -0.1) is 0 Å². The lowest BCUT2D eigenvalue weighted by molar-refractivity contribution is -0.127. The number of carbonyl (C=O) groups is 1. The maximum atomic E-state index is 11.7. The van der Waals surface area contributed by atoms with E-state index < -0.39 is 0 Å². The van der Waals surface area contributed by atoms with Gasteiger partial charge in [0.05, 0.1) is 12.6 Å². The highest BCUT2D eigenvalue weighted by molar-refractivity contribution is 5.80. The molecule has 1 aromatic rings. The summed E-state index contributed by atoms with van der Waals surface area (Å²) in [7, 11) is 1.76. The second-order valence-corrected chi connectivity index (χ2v) is 4.60. The topological polar surface area (TPSA) is 67.4 Å². The van der Waals surface area contributed by atoms with Crippen LogP contribution in [-0.2, 0) is 4.79 Å². The molecule has 6 nitrogen and oxygen atoms in total. The zero-order valence-corrected chi connectivity index (χ0v) is 12.2. The number of ether oxygens (including phenoxy) is 1. The van der Waals surface area contributed by atoms with Crippen molar-refractivity contribution in [2.24, 2.45) is 0 Å². The summed E-state index contributed by atoms with van der Waals surface area (Å²) in [5.74, 6) is 0.925. The Morgan fingerprint density at radius 1 is 1.47 bits per heavy atom. The van der Waals surface area contributed by atoms with Crippen LogP contribution in [-0.4, -0.2) is 47.0 Å². The van der Waals surface area contributed by atoms with E-state index in [4.69, 9.17) is 4.74 Å². The molecule has 6 heteroatoms. The van der Waals surface area contributed by atoms with Crippen LogP contribution in [0.2, 0.25) is 0 Å². The normalized spacial score (nSPS) is 10.4. The van der Waals surface area contributed by atoms with Crippen molar-refractivity contribution < 1.29 is 9.53 Å². The van der Waals surface area contributed by atoms with Crippen LogP contribution >= 0.6 is 0 Å². The lowest BCUT2D eigenvalue weighted by atomic mass is 10.4. The number of nitrogens with zero attached hydrogens (tertiary/aromatic N) is 3. The van der Waals surface area contributed by atoms with Gasteiger partial charge < -0.3 is 15.0 Å². The Hall–Kier alpha value is -1.85. The van der Waals surface area contributed by atoms with Gasteiger partial charge in [-0.1, -0.05) is 0 Å². The lowest BCUT2D eigenvalue weighted by Crippen LogP contribution is -2.32. The summed E-state index contributed by atoms with van der Waals surface area (Å²) in [6.45, 7) is 8.51. The molecule has 1 heterocycles. The standard InChI is InChI=1S/C13H22N4O2/c1-6-17(5)12(18)8-14-13-15-10(4)7-11(16-13)19-9(2)3/h7,9H,6,8H2,1-5H3,(H,14,15,16). The number of aryl methyl sites for hydroxylation is 1. The summed E-state index contributed by atoms with van der Waals surface area (Å²) < 4.78 is 5.52. The van der Waals surface area contributed by atoms with E-state index in [2.05, 4.69) is 15.3 Å². The van der Waals surface area contributed by atoms with Gasteiger partial charge in [0.25, 0.3) is 0 Å². The van der Waals surface area contributed by atoms with E-state index in [1.54, 1.807) is 18.0 Å². The summed E-state index contributed by atoms with van der Waals surface area (Å²) >= 11 is 0. The summed E-state index contributed by atoms with van der Waals surface area (Å²) in [5.41, 5.74) is 0.796. The van der Waals surface area contributed by atoms with Gasteiger partial charge >= 0.3 is 0 Å². The molecule has 1 rings (SSSR count). The predicted octanol–water partition coefficient (Wildman–Crippen LogP) is 1.46. The zero-order chi connectivity index (χ0) is 14.4. The summed E-state index contributed by atoms with van der Waals surface area (Å²) in [6, 6.07) is 1.77. The molecule has 0 bridgehead atoms. The highest BCUT2D eigenvalue weighted by Gasteiger charge is 2.09. The first-order chi connectivity index (χ1) is 8.92. The van der Waals surface area contributed by atoms with E-state index in [1.165, 1.54) is 0 Å². The Balaban J connectivity index is 2.68. The molecular formula is C13H22N4O2. The Bertz CT molecular complexity index is 435. The number of amides is 1. The van der Waals surface area contributed by atoms with Crippen LogP contribution in [0.5, 0.6) is 5.88 Å². The fourth-order valence-electron chi connectivity index (χ4n) is 1.39. The number of hydrogen-bond acceptors (Lipinski definition) is 5. The molecule has 0 aromatic carbocycles. The molecule has 0 unspecified atom stereocenters. The van der Waals surface area contributed by atoms with Crippen LogP contribution in [0.15, 0.2) is 6.07 Å². The second-order valence-electron chi connectivity index (χ2n) is 4.60. The maximum Gasteiger partial charge on any atom is 0.241 e. The van der Waals surface area contributed by atoms with Gasteiger partial charge in [0.2, 0.25) is 17.7 Å². The van der Waals surface area contributed by atoms with Crippen LogP contribution in [0.4, 0.5) is 5.95 Å². The first-order valence-corrected chi connectivity index (χ1v) is 6.42. The SMILES string of the molecule is CCN(C)C(=O)CNc1nc(C)cc(OC(C)C)n1. The van der Waals surface area contributed by atoms with E-state index in [-0.39, 0.29) is 18.6 Å². The first-order valence-electron chi connectivity index (χ1n) is 6.42. The van der Waals surface area contributed by atoms with Crippen LogP contribution in [0, 0.1) is 6.92 Å². The third kappa shape index (κ3) is 5.11. The van der Waals surface area contributed by atoms with Gasteiger partial charge in [0, 0.05) is 25.4 Å². The van der Waals surface area contributed by atoms with Crippen molar-refractivity contribution in [1.82, 2.24) is 14.9 Å². The van der Waals surface area contributed by atoms with E-state index in [0.717, 1.165) is 5.69 Å². The van der Waals surface area contributed by atoms with Crippen molar-refractivity contribution in [3.8, 4) is 5.88 Å². The molecule has 0 radical (unpaired) electrons. The molecule has 0 fully saturated rings. The number of carbonyl (C=O) groups excluding carboxylic acids is 1. The lowest BCUT2D eigenvalue weighted by Gasteiger charge is -2.15. The number of nitrogens with one attached hydrogen (secondary N) is 1. The van der Waals surface area contributed by atoms with Gasteiger partial charge in [-0.2, -0.15) is 4.98 Å². The van der Waals surface area contributed by atoms with Gasteiger partial charge in [-0.05, 0) is 27.7 Å². The number of hydrogen-bond donors (Lipinski definition) is 1. The van der Waals surface area contributed by atoms with E-state index in [1.807, 2.05) is 27.7 Å². The number of anilines is 1. The van der Waals surface area contributed by atoms with Crippen LogP contribution in [0.1, 0.15) is 26.5 Å². The quantitative estimate of drug-likeness (QED) is 0.844. The van der Waals surface area contributed by atoms with E-state index in [9.17, 15) is 4.79 Å². The summed E-state index contributed by atoms with van der Waals surface area (Å²) in [6.07, 6.45) is 0.0509. The van der Waals surface area contributed by atoms with Gasteiger partial charge in [0.1, 0.15) is 0 Å². The Morgan fingerprint density at radius 3 is 2.74 bits per heavy atom. The Labute approximate surface area is 114 Å². The fraction of sp³-hybridized carbons (Fsp3) is 0.615. The van der Waals surface area contributed by atoms with Gasteiger partial charge in [-0.3, -0.25) is 4.79 Å². The molecule has 1 aromatic heterocycles. The van der Waals surface area contributed by atoms with Crippen LogP contribution in [0.3, 0.4) is 0 Å². The molecule has 106 valence electrons. The molecular weight excluding hydrogens is 244 g/mol. The minimum Gasteiger partial charge on any atom is -0.475 e. The number of aromatic nitrogens is 2. The van der Waals surface area contributed by atoms with Gasteiger partial charge in [0.15, 0.2) is 0 Å². The fourth-order valence-corrected chi connectivity index (χ4v) is 1.39. The molecule has 1 amide bonds. The third-order valence-electron chi connectivity index (χ3n) is 2.48. The maximum absolute atomic E-state index is 11.7.